The van der Waals surface area contributed by atoms with Crippen molar-refractivity contribution in [1.82, 2.24) is 4.98 Å². The van der Waals surface area contributed by atoms with Crippen molar-refractivity contribution in [2.45, 2.75) is 0 Å². The zero-order valence-electron chi connectivity index (χ0n) is 5.45. The number of pyridine rings is 1. The monoisotopic (exact) mass is 133 g/mol. The third-order valence-electron chi connectivity index (χ3n) is 1.41. The predicted octanol–water partition coefficient (Wildman–Crippen LogP) is 1.49. The maximum atomic E-state index is 5.23. The number of nitrogens with zero attached hydrogens (tertiary/aromatic N) is 1. The quantitative estimate of drug-likeness (QED) is 0.535. The first-order chi connectivity index (χ1) is 4.97. The molecule has 1 aliphatic heterocycles. The van der Waals surface area contributed by atoms with Crippen LogP contribution in [-0.4, -0.2) is 11.6 Å². The molecule has 0 aromatic carbocycles. The summed E-state index contributed by atoms with van der Waals surface area (Å²) in [4.78, 5) is 4.05. The summed E-state index contributed by atoms with van der Waals surface area (Å²) in [5.41, 5.74) is 1.06. The van der Waals surface area contributed by atoms with E-state index in [9.17, 15) is 0 Å². The van der Waals surface area contributed by atoms with Crippen LogP contribution in [0, 0.1) is 0 Å². The van der Waals surface area contributed by atoms with Crippen molar-refractivity contribution < 1.29 is 4.74 Å². The van der Waals surface area contributed by atoms with Gasteiger partial charge in [0.25, 0.3) is 0 Å². The van der Waals surface area contributed by atoms with Gasteiger partial charge < -0.3 is 4.74 Å². The molecule has 0 saturated heterocycles. The van der Waals surface area contributed by atoms with E-state index in [1.165, 1.54) is 0 Å². The van der Waals surface area contributed by atoms with E-state index in [1.807, 2.05) is 24.3 Å². The van der Waals surface area contributed by atoms with Gasteiger partial charge in [0, 0.05) is 11.8 Å². The van der Waals surface area contributed by atoms with Gasteiger partial charge in [0.1, 0.15) is 6.61 Å². The van der Waals surface area contributed by atoms with Crippen molar-refractivity contribution in [3.8, 4) is 5.88 Å². The van der Waals surface area contributed by atoms with Crippen molar-refractivity contribution >= 4 is 6.08 Å². The SMILES string of the molecule is C1=Cc2cccnc2OC1. The molecule has 0 saturated carbocycles. The van der Waals surface area contributed by atoms with Crippen LogP contribution in [0.3, 0.4) is 0 Å². The second-order valence-electron chi connectivity index (χ2n) is 2.11. The zero-order chi connectivity index (χ0) is 6.81. The molecule has 0 amide bonds. The highest BCUT2D eigenvalue weighted by atomic mass is 16.5. The van der Waals surface area contributed by atoms with Crippen molar-refractivity contribution in [2.24, 2.45) is 0 Å². The Kier molecular flexibility index (Phi) is 1.17. The fourth-order valence-corrected chi connectivity index (χ4v) is 0.953. The Balaban J connectivity index is 2.54. The highest BCUT2D eigenvalue weighted by molar-refractivity contribution is 5.56. The highest BCUT2D eigenvalue weighted by Gasteiger charge is 2.02. The van der Waals surface area contributed by atoms with Gasteiger partial charge in [-0.25, -0.2) is 4.98 Å². The normalized spacial score (nSPS) is 14.0. The van der Waals surface area contributed by atoms with Crippen LogP contribution >= 0.6 is 0 Å². The van der Waals surface area contributed by atoms with Gasteiger partial charge in [-0.1, -0.05) is 6.08 Å². The lowest BCUT2D eigenvalue weighted by Gasteiger charge is -2.08. The fraction of sp³-hybridized carbons (Fsp3) is 0.125. The standard InChI is InChI=1S/C8H7NO/c1-3-7-4-2-6-10-8(7)9-5-1/h1-5H,6H2. The molecule has 50 valence electrons. The molecule has 0 radical (unpaired) electrons. The van der Waals surface area contributed by atoms with Gasteiger partial charge in [-0.2, -0.15) is 0 Å². The van der Waals surface area contributed by atoms with Gasteiger partial charge in [-0.3, -0.25) is 0 Å². The van der Waals surface area contributed by atoms with Gasteiger partial charge in [0.05, 0.1) is 0 Å². The van der Waals surface area contributed by atoms with E-state index in [0.717, 1.165) is 11.4 Å². The molecule has 2 heteroatoms. The topological polar surface area (TPSA) is 22.1 Å². The molecule has 0 spiro atoms. The first kappa shape index (κ1) is 5.47. The van der Waals surface area contributed by atoms with Crippen LogP contribution in [0.4, 0.5) is 0 Å². The lowest BCUT2D eigenvalue weighted by atomic mass is 10.2. The lowest BCUT2D eigenvalue weighted by molar-refractivity contribution is 0.344. The van der Waals surface area contributed by atoms with Gasteiger partial charge in [0.2, 0.25) is 5.88 Å². The van der Waals surface area contributed by atoms with Crippen molar-refractivity contribution in [1.29, 1.82) is 0 Å². The van der Waals surface area contributed by atoms with Crippen LogP contribution in [0.1, 0.15) is 5.56 Å². The minimum atomic E-state index is 0.643. The minimum Gasteiger partial charge on any atom is -0.473 e. The molecule has 0 N–H and O–H groups in total. The largest absolute Gasteiger partial charge is 0.473 e. The van der Waals surface area contributed by atoms with Gasteiger partial charge >= 0.3 is 0 Å². The molecule has 1 aliphatic rings. The Bertz CT molecular complexity index is 268. The molecule has 1 aromatic heterocycles. The number of aromatic nitrogens is 1. The summed E-state index contributed by atoms with van der Waals surface area (Å²) in [6.45, 7) is 0.643. The van der Waals surface area contributed by atoms with E-state index in [1.54, 1.807) is 6.20 Å². The van der Waals surface area contributed by atoms with Crippen LogP contribution < -0.4 is 4.74 Å². The molecule has 0 unspecified atom stereocenters. The van der Waals surface area contributed by atoms with Gasteiger partial charge in [-0.05, 0) is 18.2 Å². The zero-order valence-corrected chi connectivity index (χ0v) is 5.45. The van der Waals surface area contributed by atoms with E-state index >= 15 is 0 Å². The Morgan fingerprint density at radius 1 is 1.50 bits per heavy atom. The van der Waals surface area contributed by atoms with Crippen LogP contribution in [0.15, 0.2) is 24.4 Å². The summed E-state index contributed by atoms with van der Waals surface area (Å²) < 4.78 is 5.23. The smallest absolute Gasteiger partial charge is 0.220 e. The number of hydrogen-bond donors (Lipinski definition) is 0. The molecule has 1 aromatic rings. The first-order valence-electron chi connectivity index (χ1n) is 3.21. The number of ether oxygens (including phenoxy) is 1. The van der Waals surface area contributed by atoms with E-state index in [-0.39, 0.29) is 0 Å². The Morgan fingerprint density at radius 3 is 3.40 bits per heavy atom. The fourth-order valence-electron chi connectivity index (χ4n) is 0.953. The summed E-state index contributed by atoms with van der Waals surface area (Å²) >= 11 is 0. The van der Waals surface area contributed by atoms with Gasteiger partial charge in [0.15, 0.2) is 0 Å². The van der Waals surface area contributed by atoms with Crippen LogP contribution in [0.5, 0.6) is 5.88 Å². The predicted molar refractivity (Wildman–Crippen MR) is 38.8 cm³/mol. The number of hydrogen-bond acceptors (Lipinski definition) is 2. The molecule has 10 heavy (non-hydrogen) atoms. The second-order valence-corrected chi connectivity index (χ2v) is 2.11. The van der Waals surface area contributed by atoms with E-state index in [2.05, 4.69) is 4.98 Å². The van der Waals surface area contributed by atoms with E-state index in [0.29, 0.717) is 6.61 Å². The summed E-state index contributed by atoms with van der Waals surface area (Å²) in [6, 6.07) is 3.88. The molecule has 0 atom stereocenters. The van der Waals surface area contributed by atoms with Gasteiger partial charge in [-0.15, -0.1) is 0 Å². The van der Waals surface area contributed by atoms with Crippen molar-refractivity contribution in [3.05, 3.63) is 30.0 Å². The molecule has 0 aliphatic carbocycles. The third-order valence-corrected chi connectivity index (χ3v) is 1.41. The lowest BCUT2D eigenvalue weighted by Crippen LogP contribution is -2.01. The maximum Gasteiger partial charge on any atom is 0.220 e. The third kappa shape index (κ3) is 0.778. The molecular weight excluding hydrogens is 126 g/mol. The van der Waals surface area contributed by atoms with Crippen molar-refractivity contribution in [2.75, 3.05) is 6.61 Å². The molecule has 2 rings (SSSR count). The van der Waals surface area contributed by atoms with Crippen LogP contribution in [-0.2, 0) is 0 Å². The van der Waals surface area contributed by atoms with E-state index in [4.69, 9.17) is 4.74 Å². The molecule has 0 fully saturated rings. The maximum absolute atomic E-state index is 5.23. The van der Waals surface area contributed by atoms with Crippen LogP contribution in [0.2, 0.25) is 0 Å². The minimum absolute atomic E-state index is 0.643. The Labute approximate surface area is 59.2 Å². The number of rotatable bonds is 0. The van der Waals surface area contributed by atoms with Crippen LogP contribution in [0.25, 0.3) is 6.08 Å². The summed E-state index contributed by atoms with van der Waals surface area (Å²) in [5.74, 6) is 0.741. The second kappa shape index (κ2) is 2.14. The first-order valence-corrected chi connectivity index (χ1v) is 3.21. The Hall–Kier alpha value is -1.31. The highest BCUT2D eigenvalue weighted by Crippen LogP contribution is 2.18. The summed E-state index contributed by atoms with van der Waals surface area (Å²) in [5, 5.41) is 0. The average Bonchev–Trinajstić information content (AvgIpc) is 2.05. The molecule has 0 bridgehead atoms. The summed E-state index contributed by atoms with van der Waals surface area (Å²) in [6.07, 6.45) is 5.73. The average molecular weight is 133 g/mol. The Morgan fingerprint density at radius 2 is 2.50 bits per heavy atom. The number of fused-ring (bicyclic) bond motifs is 1. The van der Waals surface area contributed by atoms with Crippen molar-refractivity contribution in [3.63, 3.8) is 0 Å². The molecular formula is C8H7NO. The summed E-state index contributed by atoms with van der Waals surface area (Å²) in [7, 11) is 0. The molecule has 2 heterocycles. The molecule has 2 nitrogen and oxygen atoms in total. The van der Waals surface area contributed by atoms with E-state index < -0.39 is 0 Å².